The minimum Gasteiger partial charge on any atom is -0.340 e. The Bertz CT molecular complexity index is 1470. The Morgan fingerprint density at radius 3 is 2.45 bits per heavy atom. The third-order valence-electron chi connectivity index (χ3n) is 5.92. The van der Waals surface area contributed by atoms with Gasteiger partial charge in [0.15, 0.2) is 11.6 Å². The number of anilines is 2. The van der Waals surface area contributed by atoms with E-state index in [9.17, 15) is 4.79 Å². The third-order valence-corrected chi connectivity index (χ3v) is 5.92. The molecule has 4 aromatic rings. The van der Waals surface area contributed by atoms with Gasteiger partial charge in [0.2, 0.25) is 5.95 Å². The number of benzene rings is 1. The summed E-state index contributed by atoms with van der Waals surface area (Å²) >= 11 is 0. The maximum absolute atomic E-state index is 15.2. The second-order valence-electron chi connectivity index (χ2n) is 8.16. The van der Waals surface area contributed by atoms with Gasteiger partial charge < -0.3 is 4.57 Å². The molecule has 33 heavy (non-hydrogen) atoms. The van der Waals surface area contributed by atoms with Gasteiger partial charge in [-0.2, -0.15) is 0 Å². The number of rotatable bonds is 2. The first-order valence-corrected chi connectivity index (χ1v) is 10.3. The minimum atomic E-state index is -0.884. The Balaban J connectivity index is 1.43. The fourth-order valence-electron chi connectivity index (χ4n) is 4.23. The zero-order valence-electron chi connectivity index (χ0n) is 17.5. The summed E-state index contributed by atoms with van der Waals surface area (Å²) in [5.74, 6) is 3.59. The Morgan fingerprint density at radius 2 is 1.82 bits per heavy atom. The van der Waals surface area contributed by atoms with Gasteiger partial charge in [0.05, 0.1) is 18.2 Å². The van der Waals surface area contributed by atoms with Crippen LogP contribution in [0.4, 0.5) is 20.4 Å². The van der Waals surface area contributed by atoms with E-state index < -0.39 is 28.8 Å². The first kappa shape index (κ1) is 19.4. The van der Waals surface area contributed by atoms with E-state index in [1.54, 1.807) is 46.2 Å². The van der Waals surface area contributed by atoms with Gasteiger partial charge in [0.25, 0.3) is 5.91 Å². The molecule has 1 spiro atoms. The van der Waals surface area contributed by atoms with Crippen molar-refractivity contribution in [2.24, 2.45) is 7.05 Å². The van der Waals surface area contributed by atoms with E-state index in [-0.39, 0.29) is 11.5 Å². The Morgan fingerprint density at radius 1 is 1.06 bits per heavy atom. The van der Waals surface area contributed by atoms with Gasteiger partial charge in [-0.15, -0.1) is 0 Å². The molecule has 1 aromatic carbocycles. The maximum atomic E-state index is 15.2. The largest absolute Gasteiger partial charge is 0.340 e. The number of carbonyl (C=O) groups is 1. The average Bonchev–Trinajstić information content (AvgIpc) is 3.20. The summed E-state index contributed by atoms with van der Waals surface area (Å²) in [6.45, 7) is 0. The quantitative estimate of drug-likeness (QED) is 0.446. The molecule has 0 saturated heterocycles. The molecular formula is C24H16F2N6O. The zero-order chi connectivity index (χ0) is 22.7. The number of carbonyl (C=O) groups excluding carboxylic acids is 1. The second-order valence-corrected chi connectivity index (χ2v) is 8.16. The predicted octanol–water partition coefficient (Wildman–Crippen LogP) is 3.52. The fraction of sp³-hybridized carbons (Fsp3) is 0.167. The number of halogens is 2. The van der Waals surface area contributed by atoms with Crippen molar-refractivity contribution in [1.29, 1.82) is 0 Å². The van der Waals surface area contributed by atoms with E-state index in [2.05, 4.69) is 26.8 Å². The molecule has 2 aliphatic rings. The average molecular weight is 442 g/mol. The van der Waals surface area contributed by atoms with Crippen LogP contribution in [0.2, 0.25) is 0 Å². The molecule has 0 bridgehead atoms. The van der Waals surface area contributed by atoms with Crippen molar-refractivity contribution in [3.63, 3.8) is 0 Å². The molecule has 0 N–H and O–H groups in total. The smallest absolute Gasteiger partial charge is 0.260 e. The van der Waals surface area contributed by atoms with E-state index in [0.717, 1.165) is 17.0 Å². The molecular weight excluding hydrogens is 426 g/mol. The molecule has 0 atom stereocenters. The van der Waals surface area contributed by atoms with E-state index in [4.69, 9.17) is 0 Å². The van der Waals surface area contributed by atoms with Crippen LogP contribution < -0.4 is 4.90 Å². The molecule has 3 aromatic heterocycles. The van der Waals surface area contributed by atoms with Gasteiger partial charge in [-0.1, -0.05) is 11.8 Å². The van der Waals surface area contributed by atoms with Crippen molar-refractivity contribution >= 4 is 17.5 Å². The van der Waals surface area contributed by atoms with E-state index in [1.165, 1.54) is 0 Å². The van der Waals surface area contributed by atoms with Crippen molar-refractivity contribution in [3.05, 3.63) is 78.1 Å². The van der Waals surface area contributed by atoms with Crippen LogP contribution in [-0.2, 0) is 17.4 Å². The lowest BCUT2D eigenvalue weighted by molar-refractivity contribution is -0.120. The van der Waals surface area contributed by atoms with Crippen LogP contribution >= 0.6 is 0 Å². The first-order chi connectivity index (χ1) is 16.0. The van der Waals surface area contributed by atoms with Crippen LogP contribution in [0, 0.1) is 23.5 Å². The van der Waals surface area contributed by atoms with Gasteiger partial charge in [0.1, 0.15) is 16.9 Å². The van der Waals surface area contributed by atoms with Gasteiger partial charge in [-0.05, 0) is 37.1 Å². The van der Waals surface area contributed by atoms with Crippen molar-refractivity contribution in [1.82, 2.24) is 24.1 Å². The Kier molecular flexibility index (Phi) is 4.01. The highest BCUT2D eigenvalue weighted by Gasteiger charge is 2.62. The third kappa shape index (κ3) is 2.88. The lowest BCUT2D eigenvalue weighted by atomic mass is 10.1. The minimum absolute atomic E-state index is 0.155. The number of hydrogen-bond donors (Lipinski definition) is 0. The number of aryl methyl sites for hydroxylation is 1. The highest BCUT2D eigenvalue weighted by molar-refractivity contribution is 6.09. The van der Waals surface area contributed by atoms with Gasteiger partial charge in [0, 0.05) is 36.8 Å². The maximum Gasteiger partial charge on any atom is 0.260 e. The SMILES string of the molecule is Cn1cnc(-c2cnc3n2C2(CC2)C(=O)N3c2c(F)cc(C#Cc3cccnc3)cc2F)c1. The predicted molar refractivity (Wildman–Crippen MR) is 115 cm³/mol. The zero-order valence-corrected chi connectivity index (χ0v) is 17.5. The molecule has 0 radical (unpaired) electrons. The number of amides is 1. The molecule has 0 unspecified atom stereocenters. The molecule has 1 aliphatic carbocycles. The van der Waals surface area contributed by atoms with E-state index >= 15 is 8.78 Å². The highest BCUT2D eigenvalue weighted by atomic mass is 19.1. The number of aromatic nitrogens is 5. The molecule has 1 saturated carbocycles. The molecule has 9 heteroatoms. The molecule has 1 amide bonds. The van der Waals surface area contributed by atoms with Gasteiger partial charge in [-0.25, -0.2) is 23.6 Å². The lowest BCUT2D eigenvalue weighted by Crippen LogP contribution is -2.31. The van der Waals surface area contributed by atoms with E-state index in [1.807, 2.05) is 13.2 Å². The number of fused-ring (bicyclic) bond motifs is 2. The van der Waals surface area contributed by atoms with Crippen LogP contribution in [0.3, 0.4) is 0 Å². The van der Waals surface area contributed by atoms with Crippen LogP contribution in [-0.4, -0.2) is 30.0 Å². The number of nitrogens with zero attached hydrogens (tertiary/aromatic N) is 6. The summed E-state index contributed by atoms with van der Waals surface area (Å²) in [7, 11) is 1.84. The lowest BCUT2D eigenvalue weighted by Gasteiger charge is -2.17. The molecule has 1 fully saturated rings. The second kappa shape index (κ2) is 6.84. The Labute approximate surface area is 187 Å². The summed E-state index contributed by atoms with van der Waals surface area (Å²) in [6, 6.07) is 5.72. The van der Waals surface area contributed by atoms with Crippen LogP contribution in [0.25, 0.3) is 11.4 Å². The molecule has 162 valence electrons. The van der Waals surface area contributed by atoms with Crippen LogP contribution in [0.1, 0.15) is 24.0 Å². The normalized spacial score (nSPS) is 15.5. The van der Waals surface area contributed by atoms with Crippen LogP contribution in [0.15, 0.2) is 55.4 Å². The molecule has 6 rings (SSSR count). The summed E-state index contributed by atoms with van der Waals surface area (Å²) in [4.78, 5) is 27.1. The topological polar surface area (TPSA) is 68.8 Å². The number of imidazole rings is 2. The molecule has 1 aliphatic heterocycles. The van der Waals surface area contributed by atoms with Crippen molar-refractivity contribution in [2.45, 2.75) is 18.4 Å². The number of hydrogen-bond acceptors (Lipinski definition) is 4. The van der Waals surface area contributed by atoms with Gasteiger partial charge in [-0.3, -0.25) is 14.3 Å². The summed E-state index contributed by atoms with van der Waals surface area (Å²) in [5, 5.41) is 0. The van der Waals surface area contributed by atoms with E-state index in [0.29, 0.717) is 29.8 Å². The summed E-state index contributed by atoms with van der Waals surface area (Å²) in [6.07, 6.45) is 9.36. The standard InChI is InChI=1S/C24H16F2N6O/c1-30-13-19(29-14-30)20-12-28-23-31(22(33)24(6-7-24)32(20)23)21-17(25)9-16(10-18(21)26)5-4-15-3-2-8-27-11-15/h2-3,8-14H,6-7H2,1H3. The summed E-state index contributed by atoms with van der Waals surface area (Å²) in [5.41, 5.74) is 0.726. The highest BCUT2D eigenvalue weighted by Crippen LogP contribution is 2.56. The molecule has 7 nitrogen and oxygen atoms in total. The molecule has 4 heterocycles. The van der Waals surface area contributed by atoms with Crippen LogP contribution in [0.5, 0.6) is 0 Å². The van der Waals surface area contributed by atoms with Gasteiger partial charge >= 0.3 is 0 Å². The van der Waals surface area contributed by atoms with Crippen molar-refractivity contribution in [2.75, 3.05) is 4.90 Å². The number of pyridine rings is 1. The van der Waals surface area contributed by atoms with Crippen molar-refractivity contribution in [3.8, 4) is 23.2 Å². The monoisotopic (exact) mass is 442 g/mol. The Hall–Kier alpha value is -4.32. The fourth-order valence-corrected chi connectivity index (χ4v) is 4.23. The van der Waals surface area contributed by atoms with Crippen molar-refractivity contribution < 1.29 is 13.6 Å². The first-order valence-electron chi connectivity index (χ1n) is 10.3. The summed E-state index contributed by atoms with van der Waals surface area (Å²) < 4.78 is 33.9.